The number of nitrogens with two attached hydrogens (primary N) is 1. The summed E-state index contributed by atoms with van der Waals surface area (Å²) in [7, 11) is 1.61. The number of halogens is 2. The summed E-state index contributed by atoms with van der Waals surface area (Å²) < 4.78 is 5.71. The molecule has 3 rings (SSSR count). The molecule has 4 nitrogen and oxygen atoms in total. The van der Waals surface area contributed by atoms with Gasteiger partial charge in [-0.25, -0.2) is 0 Å². The van der Waals surface area contributed by atoms with E-state index in [0.29, 0.717) is 21.6 Å². The quantitative estimate of drug-likeness (QED) is 0.540. The number of rotatable bonds is 2. The Bertz CT molecular complexity index is 837. The second kappa shape index (κ2) is 5.91. The van der Waals surface area contributed by atoms with E-state index in [2.05, 4.69) is 4.99 Å². The number of benzene rings is 2. The summed E-state index contributed by atoms with van der Waals surface area (Å²) in [5.74, 6) is 0.843. The molecule has 1 aromatic heterocycles. The van der Waals surface area contributed by atoms with Crippen LogP contribution < -0.4 is 10.6 Å². The maximum Gasteiger partial charge on any atom is 0.214 e. The van der Waals surface area contributed by atoms with Crippen LogP contribution >= 0.6 is 23.2 Å². The van der Waals surface area contributed by atoms with Gasteiger partial charge >= 0.3 is 0 Å². The van der Waals surface area contributed by atoms with E-state index in [1.807, 2.05) is 24.3 Å². The van der Waals surface area contributed by atoms with Crippen LogP contribution in [0.25, 0.3) is 10.8 Å². The van der Waals surface area contributed by atoms with Crippen molar-refractivity contribution in [1.29, 1.82) is 0 Å². The maximum absolute atomic E-state index is 6.10. The first-order valence-corrected chi connectivity index (χ1v) is 7.30. The molecular weight excluding hydrogens is 321 g/mol. The minimum Gasteiger partial charge on any atom is -0.447 e. The maximum atomic E-state index is 6.10. The molecule has 1 heterocycles. The molecule has 6 heteroatoms. The Morgan fingerprint density at radius 3 is 2.50 bits per heavy atom. The van der Waals surface area contributed by atoms with Crippen molar-refractivity contribution >= 4 is 51.5 Å². The smallest absolute Gasteiger partial charge is 0.214 e. The third-order valence-electron chi connectivity index (χ3n) is 3.26. The molecule has 3 aromatic rings. The third-order valence-corrected chi connectivity index (χ3v) is 3.69. The zero-order valence-electron chi connectivity index (χ0n) is 11.8. The second-order valence-corrected chi connectivity index (χ2v) is 5.55. The molecular formula is C16H13Cl2N3O. The Kier molecular flexibility index (Phi) is 3.96. The zero-order valence-corrected chi connectivity index (χ0v) is 13.3. The van der Waals surface area contributed by atoms with Gasteiger partial charge in [-0.2, -0.15) is 0 Å². The molecule has 0 amide bonds. The highest BCUT2D eigenvalue weighted by atomic mass is 35.5. The SMILES string of the molecule is CN=C(N)N(c1cc(Cl)cc(Cl)c1)c1occ2ccccc12. The lowest BCUT2D eigenvalue weighted by molar-refractivity contribution is 0.580. The van der Waals surface area contributed by atoms with Crippen molar-refractivity contribution in [3.63, 3.8) is 0 Å². The molecule has 0 aliphatic rings. The van der Waals surface area contributed by atoms with Gasteiger partial charge in [0, 0.05) is 27.9 Å². The first-order chi connectivity index (χ1) is 10.6. The topological polar surface area (TPSA) is 54.8 Å². The average Bonchev–Trinajstić information content (AvgIpc) is 2.90. The number of nitrogens with zero attached hydrogens (tertiary/aromatic N) is 2. The normalized spacial score (nSPS) is 11.9. The lowest BCUT2D eigenvalue weighted by Gasteiger charge is -2.21. The van der Waals surface area contributed by atoms with E-state index in [4.69, 9.17) is 33.4 Å². The molecule has 2 N–H and O–H groups in total. The number of hydrogen-bond donors (Lipinski definition) is 1. The van der Waals surface area contributed by atoms with Gasteiger partial charge in [0.2, 0.25) is 11.8 Å². The van der Waals surface area contributed by atoms with E-state index < -0.39 is 0 Å². The summed E-state index contributed by atoms with van der Waals surface area (Å²) in [6, 6.07) is 13.0. The van der Waals surface area contributed by atoms with Gasteiger partial charge in [-0.05, 0) is 24.3 Å². The molecule has 0 aliphatic heterocycles. The van der Waals surface area contributed by atoms with Crippen molar-refractivity contribution in [3.8, 4) is 0 Å². The average molecular weight is 334 g/mol. The minimum absolute atomic E-state index is 0.276. The summed E-state index contributed by atoms with van der Waals surface area (Å²) >= 11 is 12.2. The largest absolute Gasteiger partial charge is 0.447 e. The van der Waals surface area contributed by atoms with Crippen molar-refractivity contribution in [1.82, 2.24) is 0 Å². The molecule has 0 bridgehead atoms. The van der Waals surface area contributed by atoms with Crippen molar-refractivity contribution in [2.24, 2.45) is 10.7 Å². The van der Waals surface area contributed by atoms with Crippen LogP contribution in [0.5, 0.6) is 0 Å². The first kappa shape index (κ1) is 14.8. The summed E-state index contributed by atoms with van der Waals surface area (Å²) in [6.45, 7) is 0. The second-order valence-electron chi connectivity index (χ2n) is 4.67. The van der Waals surface area contributed by atoms with Crippen LogP contribution in [0.15, 0.2) is 58.1 Å². The molecule has 0 saturated heterocycles. The highest BCUT2D eigenvalue weighted by molar-refractivity contribution is 6.35. The fourth-order valence-corrected chi connectivity index (χ4v) is 2.79. The first-order valence-electron chi connectivity index (χ1n) is 6.55. The number of hydrogen-bond acceptors (Lipinski definition) is 2. The van der Waals surface area contributed by atoms with Crippen LogP contribution in [0.3, 0.4) is 0 Å². The Hall–Kier alpha value is -2.17. The Balaban J connectivity index is 2.23. The third kappa shape index (κ3) is 2.63. The fraction of sp³-hybridized carbons (Fsp3) is 0.0625. The van der Waals surface area contributed by atoms with Crippen LogP contribution in [-0.4, -0.2) is 13.0 Å². The molecule has 22 heavy (non-hydrogen) atoms. The fourth-order valence-electron chi connectivity index (χ4n) is 2.27. The Labute approximate surface area is 137 Å². The molecule has 2 aromatic carbocycles. The number of anilines is 2. The van der Waals surface area contributed by atoms with Crippen molar-refractivity contribution in [3.05, 3.63) is 58.8 Å². The summed E-state index contributed by atoms with van der Waals surface area (Å²) in [6.07, 6.45) is 1.67. The van der Waals surface area contributed by atoms with Crippen LogP contribution in [0.2, 0.25) is 10.0 Å². The molecule has 0 fully saturated rings. The van der Waals surface area contributed by atoms with E-state index in [1.165, 1.54) is 0 Å². The number of fused-ring (bicyclic) bond motifs is 1. The van der Waals surface area contributed by atoms with E-state index in [1.54, 1.807) is 36.4 Å². The zero-order chi connectivity index (χ0) is 15.7. The molecule has 0 spiro atoms. The van der Waals surface area contributed by atoms with Crippen LogP contribution in [0.1, 0.15) is 0 Å². The Morgan fingerprint density at radius 2 is 1.82 bits per heavy atom. The van der Waals surface area contributed by atoms with Gasteiger partial charge in [-0.15, -0.1) is 0 Å². The van der Waals surface area contributed by atoms with Crippen molar-refractivity contribution in [2.75, 3.05) is 11.9 Å². The molecule has 112 valence electrons. The molecule has 0 radical (unpaired) electrons. The lowest BCUT2D eigenvalue weighted by Crippen LogP contribution is -2.33. The van der Waals surface area contributed by atoms with Crippen molar-refractivity contribution in [2.45, 2.75) is 0 Å². The van der Waals surface area contributed by atoms with Crippen LogP contribution in [0.4, 0.5) is 11.6 Å². The van der Waals surface area contributed by atoms with E-state index in [-0.39, 0.29) is 5.96 Å². The predicted octanol–water partition coefficient (Wildman–Crippen LogP) is 4.82. The summed E-state index contributed by atoms with van der Waals surface area (Å²) in [4.78, 5) is 5.74. The number of guanidine groups is 1. The van der Waals surface area contributed by atoms with Crippen LogP contribution in [-0.2, 0) is 0 Å². The molecule has 0 atom stereocenters. The van der Waals surface area contributed by atoms with Crippen LogP contribution in [0, 0.1) is 0 Å². The van der Waals surface area contributed by atoms with E-state index in [0.717, 1.165) is 10.8 Å². The van der Waals surface area contributed by atoms with Gasteiger partial charge in [0.05, 0.1) is 5.69 Å². The van der Waals surface area contributed by atoms with Gasteiger partial charge < -0.3 is 10.2 Å². The molecule has 0 saturated carbocycles. The highest BCUT2D eigenvalue weighted by Crippen LogP contribution is 2.36. The predicted molar refractivity (Wildman–Crippen MR) is 92.4 cm³/mol. The van der Waals surface area contributed by atoms with Gasteiger partial charge in [-0.3, -0.25) is 9.89 Å². The molecule has 0 aliphatic carbocycles. The highest BCUT2D eigenvalue weighted by Gasteiger charge is 2.20. The molecule has 0 unspecified atom stereocenters. The lowest BCUT2D eigenvalue weighted by atomic mass is 10.2. The number of furan rings is 1. The van der Waals surface area contributed by atoms with E-state index >= 15 is 0 Å². The summed E-state index contributed by atoms with van der Waals surface area (Å²) in [5, 5.41) is 2.91. The summed E-state index contributed by atoms with van der Waals surface area (Å²) in [5.41, 5.74) is 6.74. The minimum atomic E-state index is 0.276. The Morgan fingerprint density at radius 1 is 1.14 bits per heavy atom. The monoisotopic (exact) mass is 333 g/mol. The van der Waals surface area contributed by atoms with Gasteiger partial charge in [-0.1, -0.05) is 41.4 Å². The van der Waals surface area contributed by atoms with E-state index in [9.17, 15) is 0 Å². The van der Waals surface area contributed by atoms with Gasteiger partial charge in [0.15, 0.2) is 0 Å². The van der Waals surface area contributed by atoms with Crippen molar-refractivity contribution < 1.29 is 4.42 Å². The van der Waals surface area contributed by atoms with Gasteiger partial charge in [0.1, 0.15) is 6.26 Å². The van der Waals surface area contributed by atoms with Gasteiger partial charge in [0.25, 0.3) is 0 Å². The number of aliphatic imine (C=N–C) groups is 1. The standard InChI is InChI=1S/C16H13Cl2N3O/c1-20-16(19)21(13-7-11(17)6-12(18)8-13)15-14-5-3-2-4-10(14)9-22-15/h2-9H,1H3,(H2,19,20).